The third kappa shape index (κ3) is 5.68. The summed E-state index contributed by atoms with van der Waals surface area (Å²) in [7, 11) is -2.29. The van der Waals surface area contributed by atoms with Crippen LogP contribution in [0.5, 0.6) is 11.6 Å². The Morgan fingerprint density at radius 2 is 1.74 bits per heavy atom. The third-order valence-electron chi connectivity index (χ3n) is 5.47. The summed E-state index contributed by atoms with van der Waals surface area (Å²) in [4.78, 5) is 8.97. The largest absolute Gasteiger partial charge is 0.439 e. The monoisotopic (exact) mass is 491 g/mol. The zero-order chi connectivity index (χ0) is 25.2. The van der Waals surface area contributed by atoms with E-state index in [1.54, 1.807) is 13.1 Å². The number of rotatable bonds is 8. The number of hydrogen-bond acceptors (Lipinski definition) is 6. The summed E-state index contributed by atoms with van der Waals surface area (Å²) in [5.41, 5.74) is 4.53. The highest BCUT2D eigenvalue weighted by molar-refractivity contribution is 7.92. The fraction of sp³-hybridized carbons (Fsp3) is 0.269. The van der Waals surface area contributed by atoms with Crippen molar-refractivity contribution in [1.82, 2.24) is 19.7 Å². The van der Waals surface area contributed by atoms with Gasteiger partial charge < -0.3 is 4.74 Å². The average molecular weight is 492 g/mol. The van der Waals surface area contributed by atoms with Crippen LogP contribution in [0.4, 0.5) is 5.95 Å². The first-order valence-electron chi connectivity index (χ1n) is 11.4. The molecule has 2 heterocycles. The number of sulfonamides is 1. The van der Waals surface area contributed by atoms with Gasteiger partial charge in [-0.3, -0.25) is 4.68 Å². The molecule has 4 aromatic rings. The number of anilines is 1. The Bertz CT molecular complexity index is 1440. The number of aromatic nitrogens is 4. The van der Waals surface area contributed by atoms with Gasteiger partial charge in [0.2, 0.25) is 11.8 Å². The summed E-state index contributed by atoms with van der Waals surface area (Å²) in [6.45, 7) is 8.27. The van der Waals surface area contributed by atoms with Gasteiger partial charge in [-0.15, -0.1) is 0 Å². The van der Waals surface area contributed by atoms with E-state index in [4.69, 9.17) is 4.74 Å². The molecule has 0 unspecified atom stereocenters. The molecule has 182 valence electrons. The van der Waals surface area contributed by atoms with E-state index in [0.29, 0.717) is 17.4 Å². The van der Waals surface area contributed by atoms with Gasteiger partial charge in [0.1, 0.15) is 10.6 Å². The Balaban J connectivity index is 1.80. The van der Waals surface area contributed by atoms with E-state index < -0.39 is 10.0 Å². The molecule has 0 amide bonds. The van der Waals surface area contributed by atoms with Gasteiger partial charge in [0.25, 0.3) is 10.0 Å². The third-order valence-corrected chi connectivity index (χ3v) is 6.76. The fourth-order valence-electron chi connectivity index (χ4n) is 3.91. The Labute approximate surface area is 206 Å². The highest BCUT2D eigenvalue weighted by atomic mass is 32.2. The van der Waals surface area contributed by atoms with Gasteiger partial charge in [0.05, 0.1) is 11.9 Å². The van der Waals surface area contributed by atoms with Crippen LogP contribution in [-0.4, -0.2) is 28.2 Å². The van der Waals surface area contributed by atoms with Gasteiger partial charge >= 0.3 is 0 Å². The van der Waals surface area contributed by atoms with Crippen molar-refractivity contribution in [2.24, 2.45) is 13.0 Å². The number of ether oxygens (including phenoxy) is 1. The van der Waals surface area contributed by atoms with Crippen LogP contribution in [-0.2, 0) is 23.5 Å². The maximum absolute atomic E-state index is 13.0. The van der Waals surface area contributed by atoms with Crippen molar-refractivity contribution < 1.29 is 13.2 Å². The second-order valence-electron chi connectivity index (χ2n) is 8.94. The first-order chi connectivity index (χ1) is 16.6. The van der Waals surface area contributed by atoms with Crippen molar-refractivity contribution in [1.29, 1.82) is 0 Å². The molecule has 0 aliphatic heterocycles. The fourth-order valence-corrected chi connectivity index (χ4v) is 4.84. The molecular weight excluding hydrogens is 462 g/mol. The summed E-state index contributed by atoms with van der Waals surface area (Å²) >= 11 is 0. The van der Waals surface area contributed by atoms with E-state index >= 15 is 0 Å². The predicted molar refractivity (Wildman–Crippen MR) is 136 cm³/mol. The van der Waals surface area contributed by atoms with Crippen molar-refractivity contribution in [3.8, 4) is 22.9 Å². The molecule has 9 heteroatoms. The summed E-state index contributed by atoms with van der Waals surface area (Å²) in [5, 5.41) is 3.95. The van der Waals surface area contributed by atoms with Gasteiger partial charge in [0, 0.05) is 24.9 Å². The SMILES string of the molecule is Cc1cccc(C)c1-c1cc(Oc2ccccc2CC(C)C)nc(NS(=O)(=O)c2cnn(C)c2)n1. The highest BCUT2D eigenvalue weighted by Gasteiger charge is 2.20. The number of para-hydroxylation sites is 1. The van der Waals surface area contributed by atoms with Crippen LogP contribution in [0.2, 0.25) is 0 Å². The molecule has 0 saturated carbocycles. The van der Waals surface area contributed by atoms with Crippen LogP contribution in [0.3, 0.4) is 0 Å². The molecule has 1 N–H and O–H groups in total. The lowest BCUT2D eigenvalue weighted by Crippen LogP contribution is -2.15. The van der Waals surface area contributed by atoms with Crippen LogP contribution in [0.1, 0.15) is 30.5 Å². The Hall–Kier alpha value is -3.72. The first kappa shape index (κ1) is 24.4. The first-order valence-corrected chi connectivity index (χ1v) is 12.8. The van der Waals surface area contributed by atoms with Crippen molar-refractivity contribution in [2.75, 3.05) is 4.72 Å². The molecule has 8 nitrogen and oxygen atoms in total. The molecule has 4 rings (SSSR count). The van der Waals surface area contributed by atoms with Crippen LogP contribution >= 0.6 is 0 Å². The Kier molecular flexibility index (Phi) is 6.88. The summed E-state index contributed by atoms with van der Waals surface area (Å²) in [5.74, 6) is 1.29. The molecule has 0 atom stereocenters. The minimum absolute atomic E-state index is 0.0193. The van der Waals surface area contributed by atoms with E-state index in [1.807, 2.05) is 56.3 Å². The van der Waals surface area contributed by atoms with Crippen molar-refractivity contribution in [2.45, 2.75) is 39.0 Å². The Morgan fingerprint density at radius 3 is 2.40 bits per heavy atom. The highest BCUT2D eigenvalue weighted by Crippen LogP contribution is 2.32. The van der Waals surface area contributed by atoms with Gasteiger partial charge in [-0.1, -0.05) is 50.2 Å². The zero-order valence-electron chi connectivity index (χ0n) is 20.5. The predicted octanol–water partition coefficient (Wildman–Crippen LogP) is 5.29. The van der Waals surface area contributed by atoms with E-state index in [1.165, 1.54) is 17.1 Å². The zero-order valence-corrected chi connectivity index (χ0v) is 21.3. The van der Waals surface area contributed by atoms with Crippen LogP contribution in [0.25, 0.3) is 11.3 Å². The molecule has 0 spiro atoms. The quantitative estimate of drug-likeness (QED) is 0.360. The summed E-state index contributed by atoms with van der Waals surface area (Å²) < 4.78 is 36.0. The van der Waals surface area contributed by atoms with Crippen LogP contribution in [0.15, 0.2) is 65.8 Å². The van der Waals surface area contributed by atoms with E-state index in [9.17, 15) is 8.42 Å². The number of nitrogens with zero attached hydrogens (tertiary/aromatic N) is 4. The summed E-state index contributed by atoms with van der Waals surface area (Å²) in [6, 6.07) is 15.5. The lowest BCUT2D eigenvalue weighted by atomic mass is 10.00. The number of aryl methyl sites for hydroxylation is 3. The topological polar surface area (TPSA) is 99.0 Å². The maximum atomic E-state index is 13.0. The Morgan fingerprint density at radius 1 is 1.03 bits per heavy atom. The molecule has 0 aliphatic rings. The van der Waals surface area contributed by atoms with Crippen molar-refractivity contribution in [3.63, 3.8) is 0 Å². The van der Waals surface area contributed by atoms with Gasteiger partial charge in [-0.05, 0) is 48.9 Å². The second kappa shape index (κ2) is 9.87. The lowest BCUT2D eigenvalue weighted by molar-refractivity contribution is 0.452. The van der Waals surface area contributed by atoms with E-state index in [2.05, 4.69) is 33.6 Å². The van der Waals surface area contributed by atoms with Crippen LogP contribution in [0, 0.1) is 19.8 Å². The number of benzene rings is 2. The molecular formula is C26H29N5O3S. The van der Waals surface area contributed by atoms with Gasteiger partial charge in [-0.2, -0.15) is 10.1 Å². The smallest absolute Gasteiger partial charge is 0.267 e. The lowest BCUT2D eigenvalue weighted by Gasteiger charge is -2.15. The van der Waals surface area contributed by atoms with Gasteiger partial charge in [0.15, 0.2) is 0 Å². The standard InChI is InChI=1S/C26H29N5O3S/c1-17(2)13-20-11-6-7-12-23(20)34-24-14-22(25-18(3)9-8-10-19(25)4)28-26(29-24)30-35(32,33)21-15-27-31(5)16-21/h6-12,14-17H,13H2,1-5H3,(H,28,29,30). The summed E-state index contributed by atoms with van der Waals surface area (Å²) in [6.07, 6.45) is 3.53. The van der Waals surface area contributed by atoms with E-state index in [0.717, 1.165) is 28.7 Å². The molecule has 0 saturated heterocycles. The molecule has 0 fully saturated rings. The number of hydrogen-bond donors (Lipinski definition) is 1. The number of nitrogens with one attached hydrogen (secondary N) is 1. The normalized spacial score (nSPS) is 11.6. The minimum Gasteiger partial charge on any atom is -0.439 e. The molecule has 2 aromatic heterocycles. The van der Waals surface area contributed by atoms with E-state index in [-0.39, 0.29) is 16.7 Å². The van der Waals surface area contributed by atoms with Gasteiger partial charge in [-0.25, -0.2) is 18.1 Å². The average Bonchev–Trinajstić information content (AvgIpc) is 3.22. The van der Waals surface area contributed by atoms with Crippen molar-refractivity contribution in [3.05, 3.63) is 77.6 Å². The molecule has 0 bridgehead atoms. The van der Waals surface area contributed by atoms with Crippen LogP contribution < -0.4 is 9.46 Å². The second-order valence-corrected chi connectivity index (χ2v) is 10.6. The molecule has 0 radical (unpaired) electrons. The molecule has 35 heavy (non-hydrogen) atoms. The molecule has 2 aromatic carbocycles. The maximum Gasteiger partial charge on any atom is 0.267 e. The molecule has 0 aliphatic carbocycles. The van der Waals surface area contributed by atoms with Crippen molar-refractivity contribution >= 4 is 16.0 Å². The minimum atomic E-state index is -3.94.